The van der Waals surface area contributed by atoms with Crippen LogP contribution in [-0.2, 0) is 9.53 Å². The van der Waals surface area contributed by atoms with E-state index in [0.717, 1.165) is 0 Å². The second kappa shape index (κ2) is 4.91. The van der Waals surface area contributed by atoms with Gasteiger partial charge in [0.2, 0.25) is 0 Å². The zero-order chi connectivity index (χ0) is 9.61. The number of hydrogen-bond donors (Lipinski definition) is 0. The summed E-state index contributed by atoms with van der Waals surface area (Å²) in [5.74, 6) is -0.266. The molecule has 0 bridgehead atoms. The molecule has 3 heteroatoms. The summed E-state index contributed by atoms with van der Waals surface area (Å²) in [6, 6.07) is 0. The SMILES string of the molecule is CCOC(=O)C/N=C/C(C)(C)C. The van der Waals surface area contributed by atoms with Crippen molar-refractivity contribution in [3.8, 4) is 0 Å². The van der Waals surface area contributed by atoms with Crippen molar-refractivity contribution < 1.29 is 9.53 Å². The van der Waals surface area contributed by atoms with Gasteiger partial charge in [0.05, 0.1) is 6.61 Å². The Morgan fingerprint density at radius 3 is 2.50 bits per heavy atom. The molecule has 0 atom stereocenters. The van der Waals surface area contributed by atoms with Crippen molar-refractivity contribution in [1.82, 2.24) is 0 Å². The molecule has 3 nitrogen and oxygen atoms in total. The van der Waals surface area contributed by atoms with Crippen LogP contribution >= 0.6 is 0 Å². The molecule has 0 amide bonds. The summed E-state index contributed by atoms with van der Waals surface area (Å²) in [6.07, 6.45) is 1.77. The van der Waals surface area contributed by atoms with Gasteiger partial charge < -0.3 is 4.74 Å². The largest absolute Gasteiger partial charge is 0.465 e. The van der Waals surface area contributed by atoms with Gasteiger partial charge in [-0.05, 0) is 12.3 Å². The van der Waals surface area contributed by atoms with Crippen LogP contribution in [-0.4, -0.2) is 25.3 Å². The molecule has 12 heavy (non-hydrogen) atoms. The number of carbonyl (C=O) groups is 1. The van der Waals surface area contributed by atoms with Gasteiger partial charge in [0.1, 0.15) is 6.54 Å². The molecule has 0 heterocycles. The molecule has 0 rings (SSSR count). The summed E-state index contributed by atoms with van der Waals surface area (Å²) in [7, 11) is 0. The van der Waals surface area contributed by atoms with Crippen LogP contribution < -0.4 is 0 Å². The molecule has 0 saturated carbocycles. The fraction of sp³-hybridized carbons (Fsp3) is 0.778. The van der Waals surface area contributed by atoms with Crippen LogP contribution in [0, 0.1) is 5.41 Å². The van der Waals surface area contributed by atoms with Crippen molar-refractivity contribution in [2.75, 3.05) is 13.2 Å². The van der Waals surface area contributed by atoms with Gasteiger partial charge in [0, 0.05) is 6.21 Å². The van der Waals surface area contributed by atoms with Crippen molar-refractivity contribution in [1.29, 1.82) is 0 Å². The van der Waals surface area contributed by atoms with Gasteiger partial charge in [-0.3, -0.25) is 9.79 Å². The van der Waals surface area contributed by atoms with Crippen molar-refractivity contribution >= 4 is 12.2 Å². The van der Waals surface area contributed by atoms with Gasteiger partial charge in [-0.1, -0.05) is 20.8 Å². The van der Waals surface area contributed by atoms with E-state index in [4.69, 9.17) is 4.74 Å². The van der Waals surface area contributed by atoms with Crippen LogP contribution in [0.1, 0.15) is 27.7 Å². The molecule has 0 aromatic heterocycles. The van der Waals surface area contributed by atoms with Gasteiger partial charge in [-0.2, -0.15) is 0 Å². The molecule has 0 aliphatic rings. The fourth-order valence-electron chi connectivity index (χ4n) is 0.601. The Morgan fingerprint density at radius 2 is 2.08 bits per heavy atom. The zero-order valence-corrected chi connectivity index (χ0v) is 8.26. The van der Waals surface area contributed by atoms with E-state index in [1.165, 1.54) is 0 Å². The van der Waals surface area contributed by atoms with E-state index in [2.05, 4.69) is 4.99 Å². The molecule has 0 radical (unpaired) electrons. The molecular weight excluding hydrogens is 154 g/mol. The fourth-order valence-corrected chi connectivity index (χ4v) is 0.601. The lowest BCUT2D eigenvalue weighted by atomic mass is 9.99. The summed E-state index contributed by atoms with van der Waals surface area (Å²) < 4.78 is 4.70. The third-order valence-corrected chi connectivity index (χ3v) is 1.00. The molecule has 0 aromatic carbocycles. The highest BCUT2D eigenvalue weighted by atomic mass is 16.5. The quantitative estimate of drug-likeness (QED) is 0.478. The average molecular weight is 171 g/mol. The van der Waals surface area contributed by atoms with E-state index in [0.29, 0.717) is 6.61 Å². The second-order valence-electron chi connectivity index (χ2n) is 3.64. The Labute approximate surface area is 73.8 Å². The average Bonchev–Trinajstić information content (AvgIpc) is 1.84. The Bertz CT molecular complexity index is 168. The lowest BCUT2D eigenvalue weighted by Gasteiger charge is -2.09. The zero-order valence-electron chi connectivity index (χ0n) is 8.26. The number of rotatable bonds is 3. The molecule has 0 unspecified atom stereocenters. The van der Waals surface area contributed by atoms with Gasteiger partial charge in [0.15, 0.2) is 0 Å². The smallest absolute Gasteiger partial charge is 0.327 e. The number of esters is 1. The first-order valence-corrected chi connectivity index (χ1v) is 4.12. The van der Waals surface area contributed by atoms with Crippen molar-refractivity contribution in [2.45, 2.75) is 27.7 Å². The maximum Gasteiger partial charge on any atom is 0.327 e. The second-order valence-corrected chi connectivity index (χ2v) is 3.64. The minimum Gasteiger partial charge on any atom is -0.465 e. The van der Waals surface area contributed by atoms with Gasteiger partial charge in [0.25, 0.3) is 0 Å². The summed E-state index contributed by atoms with van der Waals surface area (Å²) in [5.41, 5.74) is 0.0342. The first-order valence-electron chi connectivity index (χ1n) is 4.12. The molecule has 0 aliphatic heterocycles. The number of hydrogen-bond acceptors (Lipinski definition) is 3. The maximum absolute atomic E-state index is 10.8. The minimum absolute atomic E-state index is 0.0342. The van der Waals surface area contributed by atoms with E-state index in [-0.39, 0.29) is 17.9 Å². The topological polar surface area (TPSA) is 38.7 Å². The number of nitrogens with zero attached hydrogens (tertiary/aromatic N) is 1. The Balaban J connectivity index is 3.68. The van der Waals surface area contributed by atoms with Crippen LogP contribution in [0.25, 0.3) is 0 Å². The minimum atomic E-state index is -0.266. The van der Waals surface area contributed by atoms with Gasteiger partial charge >= 0.3 is 5.97 Å². The first kappa shape index (κ1) is 11.1. The standard InChI is InChI=1S/C9H17NO2/c1-5-12-8(11)6-10-7-9(2,3)4/h7H,5-6H2,1-4H3/b10-7+. The van der Waals surface area contributed by atoms with E-state index in [9.17, 15) is 4.79 Å². The Kier molecular flexibility index (Phi) is 4.55. The van der Waals surface area contributed by atoms with Gasteiger partial charge in [-0.25, -0.2) is 0 Å². The molecule has 0 fully saturated rings. The monoisotopic (exact) mass is 171 g/mol. The number of ether oxygens (including phenoxy) is 1. The summed E-state index contributed by atoms with van der Waals surface area (Å²) >= 11 is 0. The molecule has 0 aliphatic carbocycles. The van der Waals surface area contributed by atoms with E-state index in [1.54, 1.807) is 13.1 Å². The van der Waals surface area contributed by atoms with Gasteiger partial charge in [-0.15, -0.1) is 0 Å². The molecular formula is C9H17NO2. The summed E-state index contributed by atoms with van der Waals surface area (Å²) in [6.45, 7) is 8.42. The van der Waals surface area contributed by atoms with Crippen LogP contribution in [0.4, 0.5) is 0 Å². The van der Waals surface area contributed by atoms with Crippen LogP contribution in [0.2, 0.25) is 0 Å². The van der Waals surface area contributed by atoms with E-state index >= 15 is 0 Å². The summed E-state index contributed by atoms with van der Waals surface area (Å²) in [4.78, 5) is 14.8. The Hall–Kier alpha value is -0.860. The normalized spacial score (nSPS) is 12.0. The molecule has 70 valence electrons. The predicted octanol–water partition coefficient (Wildman–Crippen LogP) is 1.67. The lowest BCUT2D eigenvalue weighted by molar-refractivity contribution is -0.141. The molecule has 0 aromatic rings. The summed E-state index contributed by atoms with van der Waals surface area (Å²) in [5, 5.41) is 0. The van der Waals surface area contributed by atoms with Crippen molar-refractivity contribution in [3.63, 3.8) is 0 Å². The van der Waals surface area contributed by atoms with E-state index < -0.39 is 0 Å². The van der Waals surface area contributed by atoms with Crippen LogP contribution in [0.5, 0.6) is 0 Å². The highest BCUT2D eigenvalue weighted by molar-refractivity contribution is 5.75. The van der Waals surface area contributed by atoms with Crippen LogP contribution in [0.15, 0.2) is 4.99 Å². The molecule has 0 N–H and O–H groups in total. The maximum atomic E-state index is 10.8. The Morgan fingerprint density at radius 1 is 1.50 bits per heavy atom. The number of carbonyl (C=O) groups excluding carboxylic acids is 1. The molecule has 0 spiro atoms. The number of aliphatic imine (C=N–C) groups is 1. The predicted molar refractivity (Wildman–Crippen MR) is 49.4 cm³/mol. The van der Waals surface area contributed by atoms with Crippen molar-refractivity contribution in [3.05, 3.63) is 0 Å². The molecule has 0 saturated heterocycles. The first-order chi connectivity index (χ1) is 5.45. The third kappa shape index (κ3) is 7.25. The highest BCUT2D eigenvalue weighted by Crippen LogP contribution is 2.07. The van der Waals surface area contributed by atoms with E-state index in [1.807, 2.05) is 20.8 Å². The lowest BCUT2D eigenvalue weighted by Crippen LogP contribution is -2.11. The highest BCUT2D eigenvalue weighted by Gasteiger charge is 2.05. The third-order valence-electron chi connectivity index (χ3n) is 1.00. The van der Waals surface area contributed by atoms with Crippen LogP contribution in [0.3, 0.4) is 0 Å². The van der Waals surface area contributed by atoms with Crippen molar-refractivity contribution in [2.24, 2.45) is 10.4 Å².